The Labute approximate surface area is 128 Å². The van der Waals surface area contributed by atoms with E-state index in [2.05, 4.69) is 4.90 Å². The van der Waals surface area contributed by atoms with Crippen LogP contribution in [0.2, 0.25) is 0 Å². The van der Waals surface area contributed by atoms with Gasteiger partial charge in [0.25, 0.3) is 0 Å². The Morgan fingerprint density at radius 1 is 1.23 bits per heavy atom. The van der Waals surface area contributed by atoms with Gasteiger partial charge in [0, 0.05) is 18.7 Å². The second-order valence-electron chi connectivity index (χ2n) is 5.54. The molecule has 3 rings (SSSR count). The second kappa shape index (κ2) is 5.61. The Balaban J connectivity index is 2.17. The number of ether oxygens (including phenoxy) is 3. The molecule has 0 aliphatic carbocycles. The summed E-state index contributed by atoms with van der Waals surface area (Å²) in [6.07, 6.45) is 0.257. The lowest BCUT2D eigenvalue weighted by molar-refractivity contribution is -0.173. The van der Waals surface area contributed by atoms with Gasteiger partial charge >= 0.3 is 11.9 Å². The molecule has 1 saturated heterocycles. The van der Waals surface area contributed by atoms with Gasteiger partial charge in [-0.3, -0.25) is 9.59 Å². The van der Waals surface area contributed by atoms with Crippen molar-refractivity contribution in [3.05, 3.63) is 29.8 Å². The SMILES string of the molecule is COC(=O)C1(C(=O)OC)Cc2ccccc2N2CCOCC21. The van der Waals surface area contributed by atoms with E-state index in [-0.39, 0.29) is 6.42 Å². The number of hydrogen-bond donors (Lipinski definition) is 0. The van der Waals surface area contributed by atoms with Gasteiger partial charge in [0.1, 0.15) is 0 Å². The zero-order valence-electron chi connectivity index (χ0n) is 12.7. The molecule has 6 nitrogen and oxygen atoms in total. The summed E-state index contributed by atoms with van der Waals surface area (Å²) in [5, 5.41) is 0. The first kappa shape index (κ1) is 14.8. The highest BCUT2D eigenvalue weighted by atomic mass is 16.5. The predicted molar refractivity (Wildman–Crippen MR) is 78.6 cm³/mol. The molecule has 0 saturated carbocycles. The van der Waals surface area contributed by atoms with E-state index < -0.39 is 23.4 Å². The average molecular weight is 305 g/mol. The lowest BCUT2D eigenvalue weighted by Crippen LogP contribution is -2.65. The van der Waals surface area contributed by atoms with Gasteiger partial charge in [-0.15, -0.1) is 0 Å². The first-order chi connectivity index (χ1) is 10.6. The van der Waals surface area contributed by atoms with Crippen LogP contribution in [0.5, 0.6) is 0 Å². The predicted octanol–water partition coefficient (Wildman–Crippen LogP) is 0.780. The maximum atomic E-state index is 12.5. The molecule has 0 radical (unpaired) electrons. The number of morpholine rings is 1. The number of esters is 2. The number of rotatable bonds is 2. The lowest BCUT2D eigenvalue weighted by atomic mass is 9.71. The molecule has 1 unspecified atom stereocenters. The normalized spacial score (nSPS) is 22.3. The highest BCUT2D eigenvalue weighted by Crippen LogP contribution is 2.44. The Hall–Kier alpha value is -2.08. The highest BCUT2D eigenvalue weighted by Gasteiger charge is 2.60. The topological polar surface area (TPSA) is 65.1 Å². The molecule has 2 aliphatic rings. The minimum Gasteiger partial charge on any atom is -0.468 e. The summed E-state index contributed by atoms with van der Waals surface area (Å²) in [6.45, 7) is 1.47. The number of benzene rings is 1. The van der Waals surface area contributed by atoms with E-state index in [1.165, 1.54) is 14.2 Å². The molecule has 0 N–H and O–H groups in total. The molecule has 0 amide bonds. The van der Waals surface area contributed by atoms with Crippen LogP contribution in [0.15, 0.2) is 24.3 Å². The second-order valence-corrected chi connectivity index (χ2v) is 5.54. The van der Waals surface area contributed by atoms with Crippen molar-refractivity contribution in [3.63, 3.8) is 0 Å². The van der Waals surface area contributed by atoms with E-state index in [9.17, 15) is 9.59 Å². The Morgan fingerprint density at radius 2 is 1.91 bits per heavy atom. The van der Waals surface area contributed by atoms with Gasteiger partial charge < -0.3 is 19.1 Å². The standard InChI is InChI=1S/C16H19NO5/c1-20-14(18)16(15(19)21-2)9-11-5-3-4-6-12(11)17-7-8-22-10-13(16)17/h3-6,13H,7-10H2,1-2H3. The average Bonchev–Trinajstić information content (AvgIpc) is 2.59. The lowest BCUT2D eigenvalue weighted by Gasteiger charge is -2.49. The van der Waals surface area contributed by atoms with Crippen LogP contribution in [0.4, 0.5) is 5.69 Å². The van der Waals surface area contributed by atoms with E-state index in [1.54, 1.807) is 0 Å². The van der Waals surface area contributed by atoms with Crippen LogP contribution in [0.1, 0.15) is 5.56 Å². The first-order valence-corrected chi connectivity index (χ1v) is 7.24. The van der Waals surface area contributed by atoms with Gasteiger partial charge in [0.15, 0.2) is 5.41 Å². The molecule has 22 heavy (non-hydrogen) atoms. The third kappa shape index (κ3) is 1.98. The summed E-state index contributed by atoms with van der Waals surface area (Å²) in [7, 11) is 2.59. The van der Waals surface area contributed by atoms with Crippen LogP contribution in [0.25, 0.3) is 0 Å². The van der Waals surface area contributed by atoms with Crippen LogP contribution in [-0.2, 0) is 30.2 Å². The number of carbonyl (C=O) groups is 2. The molecule has 1 atom stereocenters. The summed E-state index contributed by atoms with van der Waals surface area (Å²) < 4.78 is 15.5. The monoisotopic (exact) mass is 305 g/mol. The molecule has 1 aromatic rings. The van der Waals surface area contributed by atoms with Crippen molar-refractivity contribution in [1.82, 2.24) is 0 Å². The number of fused-ring (bicyclic) bond motifs is 3. The maximum Gasteiger partial charge on any atom is 0.325 e. The molecule has 2 heterocycles. The van der Waals surface area contributed by atoms with Crippen LogP contribution >= 0.6 is 0 Å². The van der Waals surface area contributed by atoms with Gasteiger partial charge in [-0.1, -0.05) is 18.2 Å². The number of methoxy groups -OCH3 is 2. The molecule has 118 valence electrons. The third-order valence-electron chi connectivity index (χ3n) is 4.57. The van der Waals surface area contributed by atoms with Crippen LogP contribution in [-0.4, -0.2) is 52.0 Å². The minimum atomic E-state index is -1.39. The van der Waals surface area contributed by atoms with Crippen molar-refractivity contribution in [2.75, 3.05) is 38.9 Å². The Kier molecular flexibility index (Phi) is 3.78. The molecule has 6 heteroatoms. The smallest absolute Gasteiger partial charge is 0.325 e. The van der Waals surface area contributed by atoms with Gasteiger partial charge in [-0.2, -0.15) is 0 Å². The van der Waals surface area contributed by atoms with Crippen molar-refractivity contribution in [1.29, 1.82) is 0 Å². The van der Waals surface area contributed by atoms with Gasteiger partial charge in [0.05, 0.1) is 33.5 Å². The summed E-state index contributed by atoms with van der Waals surface area (Å²) in [5.74, 6) is -1.15. The zero-order valence-corrected chi connectivity index (χ0v) is 12.7. The van der Waals surface area contributed by atoms with Gasteiger partial charge in [0.2, 0.25) is 0 Å². The van der Waals surface area contributed by atoms with Crippen LogP contribution in [0.3, 0.4) is 0 Å². The van der Waals surface area contributed by atoms with Crippen molar-refractivity contribution in [2.24, 2.45) is 5.41 Å². The van der Waals surface area contributed by atoms with Gasteiger partial charge in [-0.25, -0.2) is 0 Å². The fraction of sp³-hybridized carbons (Fsp3) is 0.500. The Morgan fingerprint density at radius 3 is 2.59 bits per heavy atom. The number of para-hydroxylation sites is 1. The van der Waals surface area contributed by atoms with E-state index in [0.717, 1.165) is 11.3 Å². The quantitative estimate of drug-likeness (QED) is 0.594. The molecular formula is C16H19NO5. The molecule has 0 spiro atoms. The minimum absolute atomic E-state index is 0.257. The fourth-order valence-electron chi connectivity index (χ4n) is 3.52. The summed E-state index contributed by atoms with van der Waals surface area (Å²) >= 11 is 0. The van der Waals surface area contributed by atoms with Crippen LogP contribution in [0, 0.1) is 5.41 Å². The molecule has 0 bridgehead atoms. The van der Waals surface area contributed by atoms with E-state index in [0.29, 0.717) is 19.8 Å². The Bertz CT molecular complexity index is 584. The van der Waals surface area contributed by atoms with Crippen LogP contribution < -0.4 is 4.90 Å². The first-order valence-electron chi connectivity index (χ1n) is 7.24. The summed E-state index contributed by atoms with van der Waals surface area (Å²) in [4.78, 5) is 27.2. The maximum absolute atomic E-state index is 12.5. The number of anilines is 1. The van der Waals surface area contributed by atoms with Crippen molar-refractivity contribution >= 4 is 17.6 Å². The molecule has 2 aliphatic heterocycles. The number of carbonyl (C=O) groups excluding carboxylic acids is 2. The van der Waals surface area contributed by atoms with Crippen molar-refractivity contribution in [2.45, 2.75) is 12.5 Å². The summed E-state index contributed by atoms with van der Waals surface area (Å²) in [6, 6.07) is 7.37. The zero-order chi connectivity index (χ0) is 15.7. The molecule has 0 aromatic heterocycles. The number of hydrogen-bond acceptors (Lipinski definition) is 6. The van der Waals surface area contributed by atoms with E-state index in [1.807, 2.05) is 24.3 Å². The number of nitrogens with zero attached hydrogens (tertiary/aromatic N) is 1. The van der Waals surface area contributed by atoms with E-state index >= 15 is 0 Å². The fourth-order valence-corrected chi connectivity index (χ4v) is 3.52. The van der Waals surface area contributed by atoms with Crippen molar-refractivity contribution in [3.8, 4) is 0 Å². The molecule has 1 aromatic carbocycles. The largest absolute Gasteiger partial charge is 0.468 e. The summed E-state index contributed by atoms with van der Waals surface area (Å²) in [5.41, 5.74) is 0.592. The molecular weight excluding hydrogens is 286 g/mol. The molecule has 1 fully saturated rings. The third-order valence-corrected chi connectivity index (χ3v) is 4.57. The van der Waals surface area contributed by atoms with Crippen molar-refractivity contribution < 1.29 is 23.8 Å². The van der Waals surface area contributed by atoms with E-state index in [4.69, 9.17) is 14.2 Å². The van der Waals surface area contributed by atoms with Gasteiger partial charge in [-0.05, 0) is 11.6 Å². The highest BCUT2D eigenvalue weighted by molar-refractivity contribution is 6.02.